The van der Waals surface area contributed by atoms with Crippen LogP contribution in [0.1, 0.15) is 0 Å². The van der Waals surface area contributed by atoms with Crippen molar-refractivity contribution in [2.75, 3.05) is 0 Å². The maximum absolute atomic E-state index is 10.6. The standard InChI is InChI=1S/C10H8ClN3O2/c1-2-5-13-9-6-7(14(15)16)3-4-8(9)10(11)12-13/h2-4,6H,1,5H2. The summed E-state index contributed by atoms with van der Waals surface area (Å²) >= 11 is 5.91. The van der Waals surface area contributed by atoms with Crippen molar-refractivity contribution in [2.24, 2.45) is 0 Å². The van der Waals surface area contributed by atoms with Crippen LogP contribution < -0.4 is 0 Å². The van der Waals surface area contributed by atoms with Gasteiger partial charge >= 0.3 is 0 Å². The largest absolute Gasteiger partial charge is 0.271 e. The van der Waals surface area contributed by atoms with Gasteiger partial charge in [0.05, 0.1) is 17.0 Å². The second-order valence-electron chi connectivity index (χ2n) is 3.22. The molecule has 0 radical (unpaired) electrons. The van der Waals surface area contributed by atoms with Gasteiger partial charge in [-0.25, -0.2) is 0 Å². The fraction of sp³-hybridized carbons (Fsp3) is 0.100. The molecular formula is C10H8ClN3O2. The molecule has 82 valence electrons. The summed E-state index contributed by atoms with van der Waals surface area (Å²) in [5.74, 6) is 0. The van der Waals surface area contributed by atoms with Crippen molar-refractivity contribution in [1.29, 1.82) is 0 Å². The Bertz CT molecular complexity index is 577. The molecular weight excluding hydrogens is 230 g/mol. The maximum atomic E-state index is 10.6. The molecule has 0 unspecified atom stereocenters. The first kappa shape index (κ1) is 10.6. The van der Waals surface area contributed by atoms with Crippen LogP contribution >= 0.6 is 11.6 Å². The van der Waals surface area contributed by atoms with Crippen molar-refractivity contribution in [1.82, 2.24) is 9.78 Å². The van der Waals surface area contributed by atoms with E-state index in [0.717, 1.165) is 0 Å². The van der Waals surface area contributed by atoms with Crippen LogP contribution in [-0.2, 0) is 6.54 Å². The van der Waals surface area contributed by atoms with Crippen molar-refractivity contribution >= 4 is 28.2 Å². The normalized spacial score (nSPS) is 10.6. The predicted molar refractivity (Wildman–Crippen MR) is 61.6 cm³/mol. The van der Waals surface area contributed by atoms with Gasteiger partial charge in [0.25, 0.3) is 5.69 Å². The number of nitro benzene ring substituents is 1. The molecule has 6 heteroatoms. The van der Waals surface area contributed by atoms with Crippen molar-refractivity contribution < 1.29 is 4.92 Å². The number of halogens is 1. The quantitative estimate of drug-likeness (QED) is 0.468. The molecule has 0 amide bonds. The molecule has 0 aliphatic rings. The molecule has 0 fully saturated rings. The molecule has 0 aliphatic carbocycles. The highest BCUT2D eigenvalue weighted by Gasteiger charge is 2.12. The van der Waals surface area contributed by atoms with Crippen molar-refractivity contribution in [3.8, 4) is 0 Å². The first-order valence-electron chi connectivity index (χ1n) is 4.55. The summed E-state index contributed by atoms with van der Waals surface area (Å²) in [4.78, 5) is 10.2. The summed E-state index contributed by atoms with van der Waals surface area (Å²) < 4.78 is 1.58. The predicted octanol–water partition coefficient (Wildman–Crippen LogP) is 2.78. The van der Waals surface area contributed by atoms with E-state index in [0.29, 0.717) is 22.6 Å². The van der Waals surface area contributed by atoms with Gasteiger partial charge in [0.15, 0.2) is 5.15 Å². The third-order valence-electron chi connectivity index (χ3n) is 2.20. The molecule has 0 bridgehead atoms. The number of aromatic nitrogens is 2. The van der Waals surface area contributed by atoms with Gasteiger partial charge in [0, 0.05) is 17.5 Å². The van der Waals surface area contributed by atoms with E-state index in [-0.39, 0.29) is 5.69 Å². The van der Waals surface area contributed by atoms with E-state index in [9.17, 15) is 10.1 Å². The summed E-state index contributed by atoms with van der Waals surface area (Å²) in [5, 5.41) is 15.8. The zero-order valence-electron chi connectivity index (χ0n) is 8.26. The van der Waals surface area contributed by atoms with Gasteiger partial charge in [-0.05, 0) is 6.07 Å². The number of allylic oxidation sites excluding steroid dienone is 1. The number of benzene rings is 1. The molecule has 0 atom stereocenters. The van der Waals surface area contributed by atoms with Crippen LogP contribution in [0.3, 0.4) is 0 Å². The Hall–Kier alpha value is -1.88. The Morgan fingerprint density at radius 1 is 1.62 bits per heavy atom. The van der Waals surface area contributed by atoms with E-state index in [1.807, 2.05) is 0 Å². The number of hydrogen-bond acceptors (Lipinski definition) is 3. The van der Waals surface area contributed by atoms with Crippen molar-refractivity contribution in [3.63, 3.8) is 0 Å². The van der Waals surface area contributed by atoms with Gasteiger partial charge < -0.3 is 0 Å². The molecule has 2 rings (SSSR count). The number of nitrogens with zero attached hydrogens (tertiary/aromatic N) is 3. The molecule has 1 aromatic heterocycles. The molecule has 0 saturated carbocycles. The zero-order chi connectivity index (χ0) is 11.7. The van der Waals surface area contributed by atoms with Crippen LogP contribution in [0.4, 0.5) is 5.69 Å². The second kappa shape index (κ2) is 3.94. The Balaban J connectivity index is 2.68. The van der Waals surface area contributed by atoms with E-state index in [4.69, 9.17) is 11.6 Å². The van der Waals surface area contributed by atoms with Gasteiger partial charge in [-0.1, -0.05) is 17.7 Å². The Morgan fingerprint density at radius 3 is 3.00 bits per heavy atom. The maximum Gasteiger partial charge on any atom is 0.271 e. The molecule has 1 aromatic carbocycles. The van der Waals surface area contributed by atoms with Crippen molar-refractivity contribution in [2.45, 2.75) is 6.54 Å². The molecule has 0 spiro atoms. The Labute approximate surface area is 96.1 Å². The van der Waals surface area contributed by atoms with Crippen LogP contribution in [0, 0.1) is 10.1 Å². The lowest BCUT2D eigenvalue weighted by Crippen LogP contribution is -1.97. The smallest absolute Gasteiger partial charge is 0.259 e. The highest BCUT2D eigenvalue weighted by Crippen LogP contribution is 2.26. The van der Waals surface area contributed by atoms with Crippen LogP contribution in [0.15, 0.2) is 30.9 Å². The van der Waals surface area contributed by atoms with Gasteiger partial charge in [-0.15, -0.1) is 6.58 Å². The third kappa shape index (κ3) is 1.65. The lowest BCUT2D eigenvalue weighted by atomic mass is 10.2. The van der Waals surface area contributed by atoms with Gasteiger partial charge in [-0.2, -0.15) is 5.10 Å². The van der Waals surface area contributed by atoms with Crippen LogP contribution in [0.5, 0.6) is 0 Å². The number of nitro groups is 1. The summed E-state index contributed by atoms with van der Waals surface area (Å²) in [7, 11) is 0. The number of non-ortho nitro benzene ring substituents is 1. The SMILES string of the molecule is C=CCn1nc(Cl)c2ccc([N+](=O)[O-])cc21. The van der Waals surface area contributed by atoms with E-state index >= 15 is 0 Å². The number of fused-ring (bicyclic) bond motifs is 1. The summed E-state index contributed by atoms with van der Waals surface area (Å²) in [6, 6.07) is 4.47. The fourth-order valence-electron chi connectivity index (χ4n) is 1.50. The Morgan fingerprint density at radius 2 is 2.38 bits per heavy atom. The van der Waals surface area contributed by atoms with E-state index < -0.39 is 4.92 Å². The summed E-state index contributed by atoms with van der Waals surface area (Å²) in [5.41, 5.74) is 0.661. The molecule has 0 N–H and O–H groups in total. The molecule has 2 aromatic rings. The first-order valence-corrected chi connectivity index (χ1v) is 4.92. The second-order valence-corrected chi connectivity index (χ2v) is 3.58. The van der Waals surface area contributed by atoms with E-state index in [1.54, 1.807) is 16.8 Å². The van der Waals surface area contributed by atoms with Crippen LogP contribution in [0.25, 0.3) is 10.9 Å². The minimum absolute atomic E-state index is 0.0226. The summed E-state index contributed by atoms with van der Waals surface area (Å²) in [6.45, 7) is 4.05. The third-order valence-corrected chi connectivity index (χ3v) is 2.48. The monoisotopic (exact) mass is 237 g/mol. The lowest BCUT2D eigenvalue weighted by Gasteiger charge is -1.97. The number of hydrogen-bond donors (Lipinski definition) is 0. The average Bonchev–Trinajstić information content (AvgIpc) is 2.56. The number of rotatable bonds is 3. The van der Waals surface area contributed by atoms with E-state index in [1.165, 1.54) is 12.1 Å². The van der Waals surface area contributed by atoms with E-state index in [2.05, 4.69) is 11.7 Å². The van der Waals surface area contributed by atoms with Crippen molar-refractivity contribution in [3.05, 3.63) is 46.1 Å². The highest BCUT2D eigenvalue weighted by molar-refractivity contribution is 6.34. The lowest BCUT2D eigenvalue weighted by molar-refractivity contribution is -0.384. The van der Waals surface area contributed by atoms with Gasteiger partial charge in [0.1, 0.15) is 0 Å². The van der Waals surface area contributed by atoms with Gasteiger partial charge in [-0.3, -0.25) is 14.8 Å². The minimum Gasteiger partial charge on any atom is -0.259 e. The fourth-order valence-corrected chi connectivity index (χ4v) is 1.75. The zero-order valence-corrected chi connectivity index (χ0v) is 9.02. The first-order chi connectivity index (χ1) is 7.63. The minimum atomic E-state index is -0.446. The van der Waals surface area contributed by atoms with Gasteiger partial charge in [0.2, 0.25) is 0 Å². The highest BCUT2D eigenvalue weighted by atomic mass is 35.5. The average molecular weight is 238 g/mol. The Kier molecular flexibility index (Phi) is 2.62. The van der Waals surface area contributed by atoms with Crippen LogP contribution in [-0.4, -0.2) is 14.7 Å². The molecule has 0 aliphatic heterocycles. The molecule has 0 saturated heterocycles. The molecule has 1 heterocycles. The molecule has 16 heavy (non-hydrogen) atoms. The summed E-state index contributed by atoms with van der Waals surface area (Å²) in [6.07, 6.45) is 1.65. The topological polar surface area (TPSA) is 61.0 Å². The molecule has 5 nitrogen and oxygen atoms in total. The van der Waals surface area contributed by atoms with Crippen LogP contribution in [0.2, 0.25) is 5.15 Å².